The van der Waals surface area contributed by atoms with Crippen molar-refractivity contribution in [2.24, 2.45) is 11.1 Å². The van der Waals surface area contributed by atoms with Crippen molar-refractivity contribution in [3.05, 3.63) is 60.3 Å². The Hall–Kier alpha value is -1.64. The van der Waals surface area contributed by atoms with E-state index in [2.05, 4.69) is 15.3 Å². The maximum Gasteiger partial charge on any atom is 0.333 e. The van der Waals surface area contributed by atoms with Gasteiger partial charge < -0.3 is 10.4 Å². The van der Waals surface area contributed by atoms with Crippen LogP contribution in [0.5, 0.6) is 0 Å². The van der Waals surface area contributed by atoms with E-state index in [4.69, 9.17) is 32.5 Å². The van der Waals surface area contributed by atoms with Crippen LogP contribution in [0.4, 0.5) is 5.82 Å². The molecule has 9 nitrogen and oxygen atoms in total. The Morgan fingerprint density at radius 3 is 2.82 bits per heavy atom. The van der Waals surface area contributed by atoms with Gasteiger partial charge in [0.1, 0.15) is 18.2 Å². The number of thiophene rings is 2. The van der Waals surface area contributed by atoms with Crippen LogP contribution in [0.25, 0.3) is 0 Å². The number of aromatic nitrogens is 2. The number of nitrogens with zero attached hydrogens (tertiary/aromatic N) is 2. The predicted octanol–water partition coefficient (Wildman–Crippen LogP) is 4.02. The molecule has 0 aliphatic heterocycles. The van der Waals surface area contributed by atoms with Gasteiger partial charge in [-0.2, -0.15) is 8.42 Å². The van der Waals surface area contributed by atoms with Crippen LogP contribution in [0.3, 0.4) is 0 Å². The molecule has 1 fully saturated rings. The summed E-state index contributed by atoms with van der Waals surface area (Å²) in [5.74, 6) is 0.0576. The zero-order valence-electron chi connectivity index (χ0n) is 17.5. The van der Waals surface area contributed by atoms with Crippen molar-refractivity contribution in [3.63, 3.8) is 0 Å². The summed E-state index contributed by atoms with van der Waals surface area (Å²) in [6.45, 7) is 0.0147. The number of ketones is 1. The summed E-state index contributed by atoms with van der Waals surface area (Å²) in [5.41, 5.74) is 0.693. The molecule has 34 heavy (non-hydrogen) atoms. The van der Waals surface area contributed by atoms with Gasteiger partial charge in [-0.05, 0) is 43.4 Å². The molecule has 0 amide bonds. The van der Waals surface area contributed by atoms with E-state index in [9.17, 15) is 18.3 Å². The first-order valence-electron chi connectivity index (χ1n) is 10.1. The van der Waals surface area contributed by atoms with E-state index in [0.717, 1.165) is 24.2 Å². The van der Waals surface area contributed by atoms with Crippen LogP contribution in [0, 0.1) is 5.92 Å². The molecule has 3 aromatic heterocycles. The zero-order chi connectivity index (χ0) is 24.5. The minimum absolute atomic E-state index is 0.0147. The Morgan fingerprint density at radius 2 is 2.12 bits per heavy atom. The number of carbonyl (C=O) groups excluding carboxylic acids is 1. The zero-order valence-corrected chi connectivity index (χ0v) is 21.4. The molecule has 4 N–H and O–H groups in total. The van der Waals surface area contributed by atoms with E-state index in [1.54, 1.807) is 18.2 Å². The third kappa shape index (κ3) is 6.13. The van der Waals surface area contributed by atoms with E-state index in [1.807, 2.05) is 0 Å². The number of nitrogens with two attached hydrogens (primary N) is 1. The normalized spacial score (nSPS) is 19.3. The van der Waals surface area contributed by atoms with E-state index >= 15 is 0 Å². The largest absolute Gasteiger partial charge is 0.383 e. The van der Waals surface area contributed by atoms with E-state index < -0.39 is 16.4 Å². The Bertz CT molecular complexity index is 1300. The summed E-state index contributed by atoms with van der Waals surface area (Å²) in [6, 6.07) is 4.94. The van der Waals surface area contributed by atoms with Gasteiger partial charge in [-0.25, -0.2) is 15.1 Å². The number of nitrogens with one attached hydrogen (secondary N) is 1. The fraction of sp³-hybridized carbons (Fsp3) is 0.350. The highest BCUT2D eigenvalue weighted by atomic mass is 35.5. The average Bonchev–Trinajstić information content (AvgIpc) is 3.51. The highest BCUT2D eigenvalue weighted by Gasteiger charge is 2.28. The summed E-state index contributed by atoms with van der Waals surface area (Å²) in [6.07, 6.45) is 3.90. The van der Waals surface area contributed by atoms with Crippen LogP contribution in [-0.2, 0) is 14.5 Å². The number of hydrogen-bond acceptors (Lipinski definition) is 10. The first-order chi connectivity index (χ1) is 16.1. The second-order valence-corrected chi connectivity index (χ2v) is 12.4. The van der Waals surface area contributed by atoms with Crippen molar-refractivity contribution in [3.8, 4) is 0 Å². The number of anilines is 1. The number of carbonyl (C=O) groups is 1. The lowest BCUT2D eigenvalue weighted by Crippen LogP contribution is -2.22. The van der Waals surface area contributed by atoms with Gasteiger partial charge >= 0.3 is 10.3 Å². The lowest BCUT2D eigenvalue weighted by molar-refractivity contribution is 0.104. The summed E-state index contributed by atoms with van der Waals surface area (Å²) >= 11 is 14.6. The molecule has 1 aliphatic carbocycles. The highest BCUT2D eigenvalue weighted by molar-refractivity contribution is 7.84. The number of rotatable bonds is 9. The maximum absolute atomic E-state index is 13.3. The van der Waals surface area contributed by atoms with Gasteiger partial charge in [0.15, 0.2) is 0 Å². The van der Waals surface area contributed by atoms with Crippen molar-refractivity contribution in [2.75, 3.05) is 11.9 Å². The molecule has 0 saturated heterocycles. The van der Waals surface area contributed by atoms with Crippen molar-refractivity contribution in [1.82, 2.24) is 9.97 Å². The standard InChI is InChI=1S/C20H20Cl2N4O5S3/c21-16-4-3-14(32-16)17(27)12-6-15(33-19(12)22)18(28)13-7-24-9-25-20(13)26-11-2-1-10(5-11)8-31-34(23,29)30/h3-4,6-7,9-11,17,27H,1-2,5,8H2,(H2,23,29,30)(H,24,25,26)/t10?,11-,17?/m0/s1. The number of aliphatic hydroxyl groups is 1. The molecule has 0 aromatic carbocycles. The summed E-state index contributed by atoms with van der Waals surface area (Å²) in [7, 11) is -3.98. The minimum Gasteiger partial charge on any atom is -0.383 e. The van der Waals surface area contributed by atoms with Crippen LogP contribution in [0.15, 0.2) is 30.7 Å². The quantitative estimate of drug-likeness (QED) is 0.331. The second-order valence-electron chi connectivity index (χ2n) is 7.80. The topological polar surface area (TPSA) is 144 Å². The molecule has 0 radical (unpaired) electrons. The predicted molar refractivity (Wildman–Crippen MR) is 132 cm³/mol. The lowest BCUT2D eigenvalue weighted by atomic mass is 10.1. The SMILES string of the molecule is NS(=O)(=O)OCC1CC[C@H](Nc2ncncc2C(=O)c2cc(C(O)c3ccc(Cl)s3)c(Cl)s2)C1. The fourth-order valence-electron chi connectivity index (χ4n) is 3.80. The Labute approximate surface area is 214 Å². The molecule has 0 spiro atoms. The lowest BCUT2D eigenvalue weighted by Gasteiger charge is -2.15. The summed E-state index contributed by atoms with van der Waals surface area (Å²) < 4.78 is 27.6. The molecule has 4 rings (SSSR count). The molecule has 2 unspecified atom stereocenters. The third-order valence-electron chi connectivity index (χ3n) is 5.40. The van der Waals surface area contributed by atoms with Gasteiger partial charge in [-0.3, -0.25) is 8.98 Å². The first kappa shape index (κ1) is 25.5. The van der Waals surface area contributed by atoms with Crippen molar-refractivity contribution in [1.29, 1.82) is 0 Å². The molecule has 1 aliphatic rings. The van der Waals surface area contributed by atoms with Gasteiger partial charge in [-0.15, -0.1) is 22.7 Å². The van der Waals surface area contributed by atoms with E-state index in [-0.39, 0.29) is 29.9 Å². The van der Waals surface area contributed by atoms with Crippen LogP contribution in [0.1, 0.15) is 51.0 Å². The van der Waals surface area contributed by atoms with Gasteiger partial charge in [0.2, 0.25) is 5.78 Å². The van der Waals surface area contributed by atoms with Gasteiger partial charge in [-0.1, -0.05) is 23.2 Å². The van der Waals surface area contributed by atoms with Crippen molar-refractivity contribution in [2.45, 2.75) is 31.4 Å². The van der Waals surface area contributed by atoms with Crippen LogP contribution in [-0.4, -0.2) is 41.9 Å². The van der Waals surface area contributed by atoms with Gasteiger partial charge in [0.05, 0.1) is 25.7 Å². The molecule has 3 atom stereocenters. The van der Waals surface area contributed by atoms with E-state index in [1.165, 1.54) is 23.9 Å². The van der Waals surface area contributed by atoms with Crippen molar-refractivity contribution < 1.29 is 22.5 Å². The van der Waals surface area contributed by atoms with Gasteiger partial charge in [0, 0.05) is 22.7 Å². The molecule has 0 bridgehead atoms. The fourth-order valence-corrected chi connectivity index (χ4v) is 6.52. The Kier molecular flexibility index (Phi) is 7.89. The highest BCUT2D eigenvalue weighted by Crippen LogP contribution is 2.39. The average molecular weight is 564 g/mol. The van der Waals surface area contributed by atoms with Gasteiger partial charge in [0.25, 0.3) is 0 Å². The summed E-state index contributed by atoms with van der Waals surface area (Å²) in [5, 5.41) is 18.8. The molecule has 1 saturated carbocycles. The number of hydrogen-bond donors (Lipinski definition) is 3. The Balaban J connectivity index is 1.48. The number of halogens is 2. The molecule has 3 heterocycles. The van der Waals surface area contributed by atoms with Crippen LogP contribution < -0.4 is 10.5 Å². The third-order valence-corrected chi connectivity index (χ3v) is 8.54. The summed E-state index contributed by atoms with van der Waals surface area (Å²) in [4.78, 5) is 22.5. The van der Waals surface area contributed by atoms with Crippen LogP contribution in [0.2, 0.25) is 8.67 Å². The number of aliphatic hydroxyl groups excluding tert-OH is 1. The van der Waals surface area contributed by atoms with Crippen molar-refractivity contribution >= 4 is 67.8 Å². The van der Waals surface area contributed by atoms with Crippen LogP contribution >= 0.6 is 45.9 Å². The van der Waals surface area contributed by atoms with E-state index in [0.29, 0.717) is 36.2 Å². The Morgan fingerprint density at radius 1 is 1.32 bits per heavy atom. The monoisotopic (exact) mass is 562 g/mol. The molecular weight excluding hydrogens is 543 g/mol. The first-order valence-corrected chi connectivity index (χ1v) is 14.0. The molecule has 182 valence electrons. The maximum atomic E-state index is 13.3. The molecular formula is C20H20Cl2N4O5S3. The molecule has 3 aromatic rings. The minimum atomic E-state index is -3.98. The smallest absolute Gasteiger partial charge is 0.333 e. The second kappa shape index (κ2) is 10.5. The molecule has 14 heteroatoms.